The molecule has 0 saturated heterocycles. The summed E-state index contributed by atoms with van der Waals surface area (Å²) in [6, 6.07) is 9.21. The molecule has 1 aromatic carbocycles. The van der Waals surface area contributed by atoms with Crippen LogP contribution in [-0.4, -0.2) is 20.7 Å². The summed E-state index contributed by atoms with van der Waals surface area (Å²) in [6.45, 7) is 4.06. The van der Waals surface area contributed by atoms with Crippen molar-refractivity contribution in [2.75, 3.05) is 5.32 Å². The first-order valence-corrected chi connectivity index (χ1v) is 5.16. The van der Waals surface area contributed by atoms with E-state index in [1.54, 1.807) is 6.08 Å². The number of allylic oxidation sites excluding steroid dienone is 1. The Balaban J connectivity index is 2.15. The molecule has 1 heterocycles. The van der Waals surface area contributed by atoms with E-state index in [1.807, 2.05) is 30.3 Å². The first-order chi connectivity index (χ1) is 8.31. The zero-order chi connectivity index (χ0) is 12.1. The van der Waals surface area contributed by atoms with Crippen molar-refractivity contribution in [2.24, 2.45) is 0 Å². The number of rotatable bonds is 4. The third-order valence-electron chi connectivity index (χ3n) is 2.15. The Morgan fingerprint density at radius 2 is 2.18 bits per heavy atom. The van der Waals surface area contributed by atoms with Gasteiger partial charge in [0.2, 0.25) is 5.82 Å². The molecule has 17 heavy (non-hydrogen) atoms. The summed E-state index contributed by atoms with van der Waals surface area (Å²) in [7, 11) is 0. The fraction of sp³-hybridized carbons (Fsp3) is 0.0833. The fourth-order valence-electron chi connectivity index (χ4n) is 1.40. The molecule has 0 saturated carbocycles. The first kappa shape index (κ1) is 11.1. The molecule has 0 atom stereocenters. The van der Waals surface area contributed by atoms with Gasteiger partial charge in [0, 0.05) is 5.69 Å². The zero-order valence-corrected chi connectivity index (χ0v) is 9.21. The lowest BCUT2D eigenvalue weighted by molar-refractivity contribution is 0.101. The lowest BCUT2D eigenvalue weighted by Crippen LogP contribution is -2.18. The number of carbonyl (C=O) groups excluding carboxylic acids is 1. The van der Waals surface area contributed by atoms with Crippen molar-refractivity contribution in [1.29, 1.82) is 0 Å². The molecular weight excluding hydrogens is 216 g/mol. The number of aromatic nitrogens is 3. The van der Waals surface area contributed by atoms with Gasteiger partial charge in [0.15, 0.2) is 0 Å². The molecule has 0 radical (unpaired) electrons. The molecule has 1 amide bonds. The summed E-state index contributed by atoms with van der Waals surface area (Å²) in [5.41, 5.74) is 0.727. The van der Waals surface area contributed by atoms with E-state index in [1.165, 1.54) is 11.0 Å². The summed E-state index contributed by atoms with van der Waals surface area (Å²) < 4.78 is 1.49. The molecule has 0 aliphatic heterocycles. The van der Waals surface area contributed by atoms with Crippen LogP contribution in [0.25, 0.3) is 0 Å². The van der Waals surface area contributed by atoms with E-state index in [-0.39, 0.29) is 11.7 Å². The van der Waals surface area contributed by atoms with Crippen molar-refractivity contribution >= 4 is 11.6 Å². The van der Waals surface area contributed by atoms with Crippen LogP contribution < -0.4 is 5.32 Å². The molecule has 1 N–H and O–H groups in total. The number of anilines is 1. The molecule has 0 aliphatic carbocycles. The quantitative estimate of drug-likeness (QED) is 0.810. The van der Waals surface area contributed by atoms with Crippen molar-refractivity contribution in [2.45, 2.75) is 6.54 Å². The number of amides is 1. The van der Waals surface area contributed by atoms with Crippen molar-refractivity contribution in [1.82, 2.24) is 14.8 Å². The van der Waals surface area contributed by atoms with E-state index >= 15 is 0 Å². The van der Waals surface area contributed by atoms with Crippen molar-refractivity contribution in [3.63, 3.8) is 0 Å². The highest BCUT2D eigenvalue weighted by molar-refractivity contribution is 6.01. The van der Waals surface area contributed by atoms with Crippen molar-refractivity contribution in [3.05, 3.63) is 55.1 Å². The second kappa shape index (κ2) is 5.07. The molecule has 0 bridgehead atoms. The Hall–Kier alpha value is -2.43. The average Bonchev–Trinajstić information content (AvgIpc) is 2.79. The maximum atomic E-state index is 11.9. The van der Waals surface area contributed by atoms with Crippen LogP contribution in [0.3, 0.4) is 0 Å². The minimum absolute atomic E-state index is 0.272. The molecule has 5 heteroatoms. The van der Waals surface area contributed by atoms with Crippen LogP contribution in [0.5, 0.6) is 0 Å². The van der Waals surface area contributed by atoms with Crippen LogP contribution in [-0.2, 0) is 6.54 Å². The number of para-hydroxylation sites is 1. The Morgan fingerprint density at radius 1 is 1.41 bits per heavy atom. The number of carbonyl (C=O) groups is 1. The van der Waals surface area contributed by atoms with E-state index in [0.717, 1.165) is 5.69 Å². The molecular formula is C12H12N4O. The standard InChI is InChI=1S/C12H12N4O/c1-2-8-16-11(13-9-14-16)12(17)15-10-6-4-3-5-7-10/h2-7,9H,1,8H2,(H,15,17). The van der Waals surface area contributed by atoms with E-state index in [2.05, 4.69) is 22.0 Å². The average molecular weight is 228 g/mol. The van der Waals surface area contributed by atoms with Gasteiger partial charge in [-0.1, -0.05) is 24.3 Å². The molecule has 2 rings (SSSR count). The largest absolute Gasteiger partial charge is 0.319 e. The molecule has 86 valence electrons. The Morgan fingerprint density at radius 3 is 2.88 bits per heavy atom. The van der Waals surface area contributed by atoms with Crippen LogP contribution in [0, 0.1) is 0 Å². The Kier molecular flexibility index (Phi) is 3.30. The van der Waals surface area contributed by atoms with Crippen molar-refractivity contribution in [3.8, 4) is 0 Å². The van der Waals surface area contributed by atoms with Gasteiger partial charge in [0.25, 0.3) is 5.91 Å². The van der Waals surface area contributed by atoms with E-state index in [0.29, 0.717) is 6.54 Å². The van der Waals surface area contributed by atoms with Crippen LogP contribution in [0.15, 0.2) is 49.3 Å². The minimum atomic E-state index is -0.282. The van der Waals surface area contributed by atoms with E-state index in [9.17, 15) is 4.79 Å². The van der Waals surface area contributed by atoms with Gasteiger partial charge >= 0.3 is 0 Å². The molecule has 1 aromatic heterocycles. The van der Waals surface area contributed by atoms with Crippen LogP contribution in [0.1, 0.15) is 10.6 Å². The normalized spacial score (nSPS) is 9.88. The number of benzene rings is 1. The second-order valence-electron chi connectivity index (χ2n) is 3.37. The van der Waals surface area contributed by atoms with Gasteiger partial charge in [-0.15, -0.1) is 6.58 Å². The Labute approximate surface area is 98.8 Å². The van der Waals surface area contributed by atoms with E-state index < -0.39 is 0 Å². The van der Waals surface area contributed by atoms with Crippen LogP contribution in [0.4, 0.5) is 5.69 Å². The smallest absolute Gasteiger partial charge is 0.293 e. The van der Waals surface area contributed by atoms with Gasteiger partial charge in [-0.25, -0.2) is 9.67 Å². The van der Waals surface area contributed by atoms with Crippen LogP contribution >= 0.6 is 0 Å². The molecule has 5 nitrogen and oxygen atoms in total. The third-order valence-corrected chi connectivity index (χ3v) is 2.15. The second-order valence-corrected chi connectivity index (χ2v) is 3.37. The van der Waals surface area contributed by atoms with Gasteiger partial charge in [-0.05, 0) is 12.1 Å². The zero-order valence-electron chi connectivity index (χ0n) is 9.21. The number of hydrogen-bond donors (Lipinski definition) is 1. The SMILES string of the molecule is C=CCn1ncnc1C(=O)Nc1ccccc1. The number of nitrogens with one attached hydrogen (secondary N) is 1. The van der Waals surface area contributed by atoms with Gasteiger partial charge in [-0.3, -0.25) is 4.79 Å². The highest BCUT2D eigenvalue weighted by Crippen LogP contribution is 2.07. The summed E-state index contributed by atoms with van der Waals surface area (Å²) in [5, 5.41) is 6.69. The van der Waals surface area contributed by atoms with Crippen LogP contribution in [0.2, 0.25) is 0 Å². The molecule has 0 aliphatic rings. The van der Waals surface area contributed by atoms with Gasteiger partial charge < -0.3 is 5.32 Å². The lowest BCUT2D eigenvalue weighted by atomic mass is 10.3. The lowest BCUT2D eigenvalue weighted by Gasteiger charge is -2.04. The van der Waals surface area contributed by atoms with E-state index in [4.69, 9.17) is 0 Å². The predicted molar refractivity (Wildman–Crippen MR) is 64.6 cm³/mol. The van der Waals surface area contributed by atoms with Gasteiger partial charge in [-0.2, -0.15) is 5.10 Å². The molecule has 0 spiro atoms. The predicted octanol–water partition coefficient (Wildman–Crippen LogP) is 1.72. The minimum Gasteiger partial charge on any atom is -0.319 e. The summed E-state index contributed by atoms with van der Waals surface area (Å²) in [5.74, 6) is -0.00990. The monoisotopic (exact) mass is 228 g/mol. The molecule has 0 unspecified atom stereocenters. The summed E-state index contributed by atoms with van der Waals surface area (Å²) in [6.07, 6.45) is 3.01. The maximum absolute atomic E-state index is 11.9. The van der Waals surface area contributed by atoms with Crippen molar-refractivity contribution < 1.29 is 4.79 Å². The molecule has 0 fully saturated rings. The highest BCUT2D eigenvalue weighted by Gasteiger charge is 2.12. The maximum Gasteiger partial charge on any atom is 0.293 e. The molecule has 2 aromatic rings. The number of hydrogen-bond acceptors (Lipinski definition) is 3. The summed E-state index contributed by atoms with van der Waals surface area (Å²) in [4.78, 5) is 15.8. The Bertz CT molecular complexity index is 518. The highest BCUT2D eigenvalue weighted by atomic mass is 16.2. The summed E-state index contributed by atoms with van der Waals surface area (Å²) >= 11 is 0. The van der Waals surface area contributed by atoms with Gasteiger partial charge in [0.1, 0.15) is 6.33 Å². The number of nitrogens with zero attached hydrogens (tertiary/aromatic N) is 3. The topological polar surface area (TPSA) is 59.8 Å². The first-order valence-electron chi connectivity index (χ1n) is 5.16. The third kappa shape index (κ3) is 2.57. The fourth-order valence-corrected chi connectivity index (χ4v) is 1.40. The van der Waals surface area contributed by atoms with Gasteiger partial charge in [0.05, 0.1) is 6.54 Å².